The van der Waals surface area contributed by atoms with E-state index < -0.39 is 9.84 Å². The lowest BCUT2D eigenvalue weighted by molar-refractivity contribution is 0.0817. The van der Waals surface area contributed by atoms with E-state index in [-0.39, 0.29) is 5.75 Å². The van der Waals surface area contributed by atoms with Gasteiger partial charge in [0.2, 0.25) is 0 Å². The Morgan fingerprint density at radius 3 is 2.29 bits per heavy atom. The molecule has 1 N–H and O–H groups in total. The van der Waals surface area contributed by atoms with Crippen molar-refractivity contribution in [1.82, 2.24) is 10.2 Å². The molecule has 0 saturated carbocycles. The van der Waals surface area contributed by atoms with Crippen LogP contribution in [0.4, 0.5) is 0 Å². The van der Waals surface area contributed by atoms with Crippen LogP contribution in [0.2, 0.25) is 0 Å². The molecule has 0 spiro atoms. The molecule has 4 unspecified atom stereocenters. The van der Waals surface area contributed by atoms with Gasteiger partial charge in [-0.25, -0.2) is 8.42 Å². The highest BCUT2D eigenvalue weighted by atomic mass is 32.2. The van der Waals surface area contributed by atoms with E-state index in [4.69, 9.17) is 0 Å². The molecule has 4 nitrogen and oxygen atoms in total. The van der Waals surface area contributed by atoms with Gasteiger partial charge in [-0.2, -0.15) is 0 Å². The monoisotopic (exact) mass is 318 g/mol. The van der Waals surface area contributed by atoms with Crippen LogP contribution in [0.5, 0.6) is 0 Å². The maximum Gasteiger partial charge on any atom is 0.151 e. The van der Waals surface area contributed by atoms with Crippen LogP contribution in [0.1, 0.15) is 47.5 Å². The van der Waals surface area contributed by atoms with Gasteiger partial charge in [-0.1, -0.05) is 47.5 Å². The molecule has 0 aromatic heterocycles. The normalized spacial score (nSPS) is 27.5. The van der Waals surface area contributed by atoms with Gasteiger partial charge in [0, 0.05) is 37.5 Å². The lowest BCUT2D eigenvalue weighted by Gasteiger charge is -2.44. The highest BCUT2D eigenvalue weighted by Gasteiger charge is 2.32. The summed E-state index contributed by atoms with van der Waals surface area (Å²) in [5.74, 6) is 1.78. The fourth-order valence-corrected chi connectivity index (χ4v) is 3.81. The van der Waals surface area contributed by atoms with E-state index in [0.717, 1.165) is 25.9 Å². The van der Waals surface area contributed by atoms with Crippen molar-refractivity contribution in [1.29, 1.82) is 0 Å². The van der Waals surface area contributed by atoms with Gasteiger partial charge in [-0.3, -0.25) is 4.90 Å². The van der Waals surface area contributed by atoms with E-state index in [1.54, 1.807) is 6.92 Å². The second kappa shape index (κ2) is 8.49. The van der Waals surface area contributed by atoms with Crippen LogP contribution in [-0.2, 0) is 9.84 Å². The van der Waals surface area contributed by atoms with Crippen LogP contribution < -0.4 is 5.32 Å². The summed E-state index contributed by atoms with van der Waals surface area (Å²) in [6.07, 6.45) is 2.30. The lowest BCUT2D eigenvalue weighted by atomic mass is 9.90. The molecule has 1 fully saturated rings. The second-order valence-electron chi connectivity index (χ2n) is 6.58. The number of sulfone groups is 1. The first-order valence-electron chi connectivity index (χ1n) is 8.52. The van der Waals surface area contributed by atoms with Crippen molar-refractivity contribution in [3.05, 3.63) is 0 Å². The first-order chi connectivity index (χ1) is 9.84. The van der Waals surface area contributed by atoms with E-state index >= 15 is 0 Å². The Kier molecular flexibility index (Phi) is 7.65. The lowest BCUT2D eigenvalue weighted by Crippen LogP contribution is -2.60. The molecular weight excluding hydrogens is 284 g/mol. The topological polar surface area (TPSA) is 49.4 Å². The van der Waals surface area contributed by atoms with Gasteiger partial charge in [0.05, 0.1) is 5.75 Å². The summed E-state index contributed by atoms with van der Waals surface area (Å²) in [5.41, 5.74) is 0. The summed E-state index contributed by atoms with van der Waals surface area (Å²) in [6, 6.07) is 0.946. The van der Waals surface area contributed by atoms with Gasteiger partial charge < -0.3 is 5.32 Å². The average molecular weight is 319 g/mol. The van der Waals surface area contributed by atoms with Gasteiger partial charge in [0.15, 0.2) is 9.84 Å². The molecule has 5 heteroatoms. The highest BCUT2D eigenvalue weighted by Crippen LogP contribution is 2.21. The standard InChI is InChI=1S/C16H34N2O2S/c1-6-13(4)15-12-18(9-10-21(19,20)8-3)16(11-17-15)14(5)7-2/h13-17H,6-12H2,1-5H3. The Morgan fingerprint density at radius 2 is 1.76 bits per heavy atom. The molecule has 0 aliphatic carbocycles. The number of nitrogens with zero attached hydrogens (tertiary/aromatic N) is 1. The molecule has 0 aromatic rings. The minimum Gasteiger partial charge on any atom is -0.311 e. The van der Waals surface area contributed by atoms with Crippen molar-refractivity contribution in [3.8, 4) is 0 Å². The van der Waals surface area contributed by atoms with Gasteiger partial charge in [-0.05, 0) is 11.8 Å². The zero-order valence-corrected chi connectivity index (χ0v) is 15.2. The van der Waals surface area contributed by atoms with Crippen LogP contribution in [0.25, 0.3) is 0 Å². The third kappa shape index (κ3) is 5.53. The van der Waals surface area contributed by atoms with Crippen LogP contribution >= 0.6 is 0 Å². The van der Waals surface area contributed by atoms with Gasteiger partial charge in [0.25, 0.3) is 0 Å². The molecule has 1 aliphatic rings. The van der Waals surface area contributed by atoms with E-state index in [0.29, 0.717) is 36.2 Å². The quantitative estimate of drug-likeness (QED) is 0.745. The molecule has 0 bridgehead atoms. The summed E-state index contributed by atoms with van der Waals surface area (Å²) in [4.78, 5) is 2.43. The molecule has 1 saturated heterocycles. The average Bonchev–Trinajstić information content (AvgIpc) is 2.51. The fraction of sp³-hybridized carbons (Fsp3) is 1.00. The molecule has 4 atom stereocenters. The van der Waals surface area contributed by atoms with Crippen molar-refractivity contribution >= 4 is 9.84 Å². The van der Waals surface area contributed by atoms with Gasteiger partial charge in [0.1, 0.15) is 0 Å². The maximum atomic E-state index is 11.8. The first kappa shape index (κ1) is 18.9. The number of rotatable bonds is 8. The van der Waals surface area contributed by atoms with E-state index in [1.807, 2.05) is 0 Å². The Morgan fingerprint density at radius 1 is 1.14 bits per heavy atom. The van der Waals surface area contributed by atoms with Crippen molar-refractivity contribution < 1.29 is 8.42 Å². The van der Waals surface area contributed by atoms with E-state index in [9.17, 15) is 8.42 Å². The predicted octanol–water partition coefficient (Wildman–Crippen LogP) is 2.16. The third-order valence-electron chi connectivity index (χ3n) is 5.25. The third-order valence-corrected chi connectivity index (χ3v) is 6.93. The fourth-order valence-electron chi connectivity index (χ4n) is 3.01. The number of hydrogen-bond donors (Lipinski definition) is 1. The number of hydrogen-bond acceptors (Lipinski definition) is 4. The van der Waals surface area contributed by atoms with Crippen molar-refractivity contribution in [2.45, 2.75) is 59.5 Å². The molecular formula is C16H34N2O2S. The Balaban J connectivity index is 2.73. The van der Waals surface area contributed by atoms with Crippen molar-refractivity contribution in [3.63, 3.8) is 0 Å². The van der Waals surface area contributed by atoms with Crippen LogP contribution in [0, 0.1) is 11.8 Å². The van der Waals surface area contributed by atoms with Crippen LogP contribution in [0.3, 0.4) is 0 Å². The molecule has 126 valence electrons. The minimum atomic E-state index is -2.88. The molecule has 1 rings (SSSR count). The smallest absolute Gasteiger partial charge is 0.151 e. The summed E-state index contributed by atoms with van der Waals surface area (Å²) in [6.45, 7) is 13.4. The summed E-state index contributed by atoms with van der Waals surface area (Å²) >= 11 is 0. The van der Waals surface area contributed by atoms with Crippen LogP contribution in [0.15, 0.2) is 0 Å². The zero-order chi connectivity index (χ0) is 16.0. The summed E-state index contributed by atoms with van der Waals surface area (Å²) in [7, 11) is -2.88. The molecule has 0 aromatic carbocycles. The minimum absolute atomic E-state index is 0.252. The zero-order valence-electron chi connectivity index (χ0n) is 14.4. The van der Waals surface area contributed by atoms with Crippen LogP contribution in [-0.4, -0.2) is 56.5 Å². The molecule has 1 aliphatic heterocycles. The van der Waals surface area contributed by atoms with Gasteiger partial charge in [-0.15, -0.1) is 0 Å². The molecule has 21 heavy (non-hydrogen) atoms. The Bertz CT molecular complexity index is 397. The highest BCUT2D eigenvalue weighted by molar-refractivity contribution is 7.91. The summed E-state index contributed by atoms with van der Waals surface area (Å²) in [5, 5.41) is 3.69. The Labute approximate surface area is 131 Å². The van der Waals surface area contributed by atoms with E-state index in [2.05, 4.69) is 37.9 Å². The number of nitrogens with one attached hydrogen (secondary N) is 1. The van der Waals surface area contributed by atoms with Crippen molar-refractivity contribution in [2.75, 3.05) is 31.1 Å². The second-order valence-corrected chi connectivity index (χ2v) is 9.06. The molecule has 0 radical (unpaired) electrons. The molecule has 1 heterocycles. The first-order valence-corrected chi connectivity index (χ1v) is 10.3. The number of piperazine rings is 1. The largest absolute Gasteiger partial charge is 0.311 e. The Hall–Kier alpha value is -0.130. The van der Waals surface area contributed by atoms with Crippen molar-refractivity contribution in [2.24, 2.45) is 11.8 Å². The maximum absolute atomic E-state index is 11.8. The SMILES string of the molecule is CCC(C)C1CN(CCS(=O)(=O)CC)C(C(C)CC)CN1. The summed E-state index contributed by atoms with van der Waals surface area (Å²) < 4.78 is 23.6. The van der Waals surface area contributed by atoms with Gasteiger partial charge >= 0.3 is 0 Å². The predicted molar refractivity (Wildman–Crippen MR) is 90.4 cm³/mol. The van der Waals surface area contributed by atoms with E-state index in [1.165, 1.54) is 0 Å². The molecule has 0 amide bonds.